The summed E-state index contributed by atoms with van der Waals surface area (Å²) in [7, 11) is 0. The predicted octanol–water partition coefficient (Wildman–Crippen LogP) is 3.06. The highest BCUT2D eigenvalue weighted by molar-refractivity contribution is 5.87. The van der Waals surface area contributed by atoms with Crippen LogP contribution < -0.4 is 15.4 Å². The van der Waals surface area contributed by atoms with Crippen molar-refractivity contribution in [2.75, 3.05) is 19.8 Å². The molecule has 0 spiro atoms. The summed E-state index contributed by atoms with van der Waals surface area (Å²) in [6.45, 7) is 4.82. The van der Waals surface area contributed by atoms with E-state index in [-0.39, 0.29) is 50.3 Å². The molecule has 12 heteroatoms. The van der Waals surface area contributed by atoms with Crippen LogP contribution in [0.3, 0.4) is 0 Å². The van der Waals surface area contributed by atoms with Gasteiger partial charge in [-0.2, -0.15) is 0 Å². The summed E-state index contributed by atoms with van der Waals surface area (Å²) < 4.78 is 15.2. The van der Waals surface area contributed by atoms with E-state index in [2.05, 4.69) is 17.2 Å². The Morgan fingerprint density at radius 3 is 2.14 bits per heavy atom. The number of carbonyl (C=O) groups is 5. The summed E-state index contributed by atoms with van der Waals surface area (Å²) in [5, 5.41) is 23.5. The molecule has 0 saturated carbocycles. The van der Waals surface area contributed by atoms with Gasteiger partial charge >= 0.3 is 24.0 Å². The van der Waals surface area contributed by atoms with Crippen molar-refractivity contribution in [3.05, 3.63) is 71.8 Å². The first-order valence-electron chi connectivity index (χ1n) is 13.4. The molecule has 0 aromatic heterocycles. The first-order chi connectivity index (χ1) is 20.0. The zero-order chi connectivity index (χ0) is 30.9. The number of phenols is 1. The predicted molar refractivity (Wildman–Crippen MR) is 151 cm³/mol. The molecule has 0 radical (unpaired) electrons. The molecule has 1 atom stereocenters. The molecule has 0 aliphatic heterocycles. The number of hydrogen-bond donors (Lipinski definition) is 4. The van der Waals surface area contributed by atoms with Crippen molar-refractivity contribution in [1.82, 2.24) is 10.6 Å². The molecule has 4 N–H and O–H groups in total. The van der Waals surface area contributed by atoms with Crippen LogP contribution in [0.4, 0.5) is 4.79 Å². The molecule has 0 fully saturated rings. The number of phenolic OH excluding ortho intramolecular Hbond substituents is 1. The first kappa shape index (κ1) is 33.3. The van der Waals surface area contributed by atoms with Crippen molar-refractivity contribution in [1.29, 1.82) is 0 Å². The van der Waals surface area contributed by atoms with E-state index in [1.165, 1.54) is 19.1 Å². The minimum Gasteiger partial charge on any atom is -0.508 e. The fraction of sp³-hybridized carbons (Fsp3) is 0.367. The fourth-order valence-corrected chi connectivity index (χ4v) is 3.56. The van der Waals surface area contributed by atoms with Gasteiger partial charge in [0, 0.05) is 31.4 Å². The topological polar surface area (TPSA) is 178 Å². The van der Waals surface area contributed by atoms with Gasteiger partial charge in [-0.15, -0.1) is 0 Å². The van der Waals surface area contributed by atoms with Crippen LogP contribution in [0.1, 0.15) is 43.7 Å². The molecule has 0 aliphatic carbocycles. The number of nitrogens with one attached hydrogen (secondary N) is 2. The van der Waals surface area contributed by atoms with Crippen LogP contribution in [0.5, 0.6) is 11.5 Å². The quantitative estimate of drug-likeness (QED) is 0.0935. The number of aromatic hydroxyl groups is 1. The number of carbonyl (C=O) groups excluding carboxylic acids is 4. The Morgan fingerprint density at radius 1 is 0.881 bits per heavy atom. The number of rotatable bonds is 17. The lowest BCUT2D eigenvalue weighted by Crippen LogP contribution is -2.48. The Kier molecular flexibility index (Phi) is 14.1. The van der Waals surface area contributed by atoms with E-state index in [0.717, 1.165) is 5.56 Å². The molecular formula is C30H36N2O10. The summed E-state index contributed by atoms with van der Waals surface area (Å²) in [5.74, 6) is -1.99. The van der Waals surface area contributed by atoms with E-state index in [4.69, 9.17) is 19.3 Å². The second-order valence-corrected chi connectivity index (χ2v) is 9.38. The fourth-order valence-electron chi connectivity index (χ4n) is 3.56. The van der Waals surface area contributed by atoms with Gasteiger partial charge in [0.05, 0.1) is 0 Å². The minimum atomic E-state index is -0.989. The summed E-state index contributed by atoms with van der Waals surface area (Å²) in [4.78, 5) is 59.1. The molecule has 42 heavy (non-hydrogen) atoms. The van der Waals surface area contributed by atoms with Gasteiger partial charge in [0.25, 0.3) is 0 Å². The second-order valence-electron chi connectivity index (χ2n) is 9.38. The molecule has 226 valence electrons. The number of esters is 2. The molecule has 2 rings (SSSR count). The molecule has 0 saturated heterocycles. The Bertz CT molecular complexity index is 1230. The summed E-state index contributed by atoms with van der Waals surface area (Å²) >= 11 is 0. The molecule has 0 heterocycles. The van der Waals surface area contributed by atoms with Crippen LogP contribution in [-0.2, 0) is 41.5 Å². The number of carboxylic acids is 1. The number of benzene rings is 2. The van der Waals surface area contributed by atoms with Gasteiger partial charge in [0.15, 0.2) is 0 Å². The molecule has 0 bridgehead atoms. The number of carboxylic acid groups (broad SMARTS) is 1. The SMILES string of the molecule is C=C(C)C(=O)OCCOC(=O)N[C@@H](Cc1ccc(O)cc1)C(=O)NCCc1ccc(OC(=O)CCCCC(=O)O)cc1. The third kappa shape index (κ3) is 13.5. The van der Waals surface area contributed by atoms with Crippen LogP contribution in [-0.4, -0.2) is 65.9 Å². The van der Waals surface area contributed by atoms with Crippen LogP contribution in [0.25, 0.3) is 0 Å². The molecule has 2 aromatic carbocycles. The van der Waals surface area contributed by atoms with Gasteiger partial charge in [-0.3, -0.25) is 14.4 Å². The van der Waals surface area contributed by atoms with Gasteiger partial charge < -0.3 is 35.1 Å². The normalized spacial score (nSPS) is 11.1. The first-order valence-corrected chi connectivity index (χ1v) is 13.4. The van der Waals surface area contributed by atoms with Crippen molar-refractivity contribution in [2.45, 2.75) is 51.5 Å². The number of amides is 2. The number of ether oxygens (including phenoxy) is 3. The van der Waals surface area contributed by atoms with E-state index >= 15 is 0 Å². The maximum Gasteiger partial charge on any atom is 0.407 e. The lowest BCUT2D eigenvalue weighted by atomic mass is 10.0. The van der Waals surface area contributed by atoms with E-state index in [9.17, 15) is 29.1 Å². The number of unbranched alkanes of at least 4 members (excludes halogenated alkanes) is 1. The van der Waals surface area contributed by atoms with Gasteiger partial charge in [-0.05, 0) is 61.6 Å². The molecule has 2 aromatic rings. The molecule has 0 aliphatic rings. The Labute approximate surface area is 243 Å². The number of aliphatic carboxylic acids is 1. The molecular weight excluding hydrogens is 548 g/mol. The van der Waals surface area contributed by atoms with E-state index in [0.29, 0.717) is 30.6 Å². The number of hydrogen-bond acceptors (Lipinski definition) is 9. The summed E-state index contributed by atoms with van der Waals surface area (Å²) in [5.41, 5.74) is 1.77. The highest BCUT2D eigenvalue weighted by Crippen LogP contribution is 2.15. The lowest BCUT2D eigenvalue weighted by molar-refractivity contribution is -0.140. The van der Waals surface area contributed by atoms with Crippen LogP contribution in [0, 0.1) is 0 Å². The molecule has 0 unspecified atom stereocenters. The lowest BCUT2D eigenvalue weighted by Gasteiger charge is -2.19. The van der Waals surface area contributed by atoms with Crippen LogP contribution in [0.15, 0.2) is 60.7 Å². The standard InChI is InChI=1S/C30H36N2O10/c1-20(2)29(38)40-17-18-41-30(39)32-25(19-22-7-11-23(33)12-8-22)28(37)31-16-15-21-9-13-24(14-10-21)42-27(36)6-4-3-5-26(34)35/h7-14,25,33H,1,3-6,15-19H2,2H3,(H,31,37)(H,32,39)(H,34,35)/t25-/m0/s1. The Balaban J connectivity index is 1.85. The Morgan fingerprint density at radius 2 is 1.50 bits per heavy atom. The Hall–Kier alpha value is -4.87. The smallest absolute Gasteiger partial charge is 0.407 e. The zero-order valence-electron chi connectivity index (χ0n) is 23.4. The zero-order valence-corrected chi connectivity index (χ0v) is 23.4. The van der Waals surface area contributed by atoms with Gasteiger partial charge in [-0.25, -0.2) is 9.59 Å². The second kappa shape index (κ2) is 17.7. The molecule has 12 nitrogen and oxygen atoms in total. The van der Waals surface area contributed by atoms with Gasteiger partial charge in [0.1, 0.15) is 30.8 Å². The highest BCUT2D eigenvalue weighted by Gasteiger charge is 2.22. The van der Waals surface area contributed by atoms with Crippen molar-refractivity contribution >= 4 is 29.9 Å². The average molecular weight is 585 g/mol. The number of alkyl carbamates (subject to hydrolysis) is 1. The average Bonchev–Trinajstić information content (AvgIpc) is 2.94. The van der Waals surface area contributed by atoms with E-state index in [1.807, 2.05) is 0 Å². The minimum absolute atomic E-state index is 0.00496. The van der Waals surface area contributed by atoms with Crippen molar-refractivity contribution in [2.24, 2.45) is 0 Å². The van der Waals surface area contributed by atoms with Crippen molar-refractivity contribution in [3.8, 4) is 11.5 Å². The van der Waals surface area contributed by atoms with Crippen LogP contribution in [0.2, 0.25) is 0 Å². The van der Waals surface area contributed by atoms with E-state index < -0.39 is 36.0 Å². The largest absolute Gasteiger partial charge is 0.508 e. The monoisotopic (exact) mass is 584 g/mol. The van der Waals surface area contributed by atoms with Crippen LogP contribution >= 0.6 is 0 Å². The van der Waals surface area contributed by atoms with E-state index in [1.54, 1.807) is 36.4 Å². The maximum atomic E-state index is 13.0. The summed E-state index contributed by atoms with van der Waals surface area (Å²) in [6.07, 6.45) is 0.665. The van der Waals surface area contributed by atoms with Gasteiger partial charge in [0.2, 0.25) is 5.91 Å². The molecule has 2 amide bonds. The maximum absolute atomic E-state index is 13.0. The van der Waals surface area contributed by atoms with Crippen molar-refractivity contribution < 1.29 is 48.4 Å². The highest BCUT2D eigenvalue weighted by atomic mass is 16.6. The third-order valence-corrected chi connectivity index (χ3v) is 5.77. The third-order valence-electron chi connectivity index (χ3n) is 5.77. The van der Waals surface area contributed by atoms with Crippen molar-refractivity contribution in [3.63, 3.8) is 0 Å². The van der Waals surface area contributed by atoms with Gasteiger partial charge in [-0.1, -0.05) is 30.8 Å². The summed E-state index contributed by atoms with van der Waals surface area (Å²) in [6, 6.07) is 12.0.